The highest BCUT2D eigenvalue weighted by atomic mass is 35.5. The van der Waals surface area contributed by atoms with E-state index in [0.717, 1.165) is 35.1 Å². The molecule has 0 aliphatic carbocycles. The Bertz CT molecular complexity index is 1250. The number of nitrogens with two attached hydrogens (primary N) is 2. The van der Waals surface area contributed by atoms with Crippen molar-refractivity contribution in [3.63, 3.8) is 0 Å². The van der Waals surface area contributed by atoms with E-state index in [1.165, 1.54) is 17.4 Å². The van der Waals surface area contributed by atoms with Gasteiger partial charge >= 0.3 is 0 Å². The summed E-state index contributed by atoms with van der Waals surface area (Å²) in [5.41, 5.74) is 13.0. The molecule has 11 heteroatoms. The molecule has 0 spiro atoms. The fourth-order valence-corrected chi connectivity index (χ4v) is 6.56. The smallest absolute Gasteiger partial charge is 0.220 e. The molecule has 1 aliphatic heterocycles. The molecule has 0 saturated carbocycles. The predicted octanol–water partition coefficient (Wildman–Crippen LogP) is 6.69. The Morgan fingerprint density at radius 2 is 1.67 bits per heavy atom. The maximum absolute atomic E-state index is 12.7. The lowest BCUT2D eigenvalue weighted by Gasteiger charge is -2.31. The molecule has 4 N–H and O–H groups in total. The zero-order valence-electron chi connectivity index (χ0n) is 27.1. The molecule has 252 valence electrons. The number of sulfonamides is 1. The number of carbonyl (C=O) groups is 2. The minimum atomic E-state index is -3.49. The van der Waals surface area contributed by atoms with Crippen molar-refractivity contribution in [3.8, 4) is 16.9 Å². The molecule has 0 aromatic heterocycles. The first-order valence-corrected chi connectivity index (χ1v) is 17.6. The van der Waals surface area contributed by atoms with Crippen molar-refractivity contribution >= 4 is 45.4 Å². The van der Waals surface area contributed by atoms with Gasteiger partial charge in [-0.1, -0.05) is 74.0 Å². The number of carbonyl (C=O) groups excluding carboxylic acids is 2. The van der Waals surface area contributed by atoms with Gasteiger partial charge in [0.15, 0.2) is 0 Å². The summed E-state index contributed by atoms with van der Waals surface area (Å²) in [6.45, 7) is 8.38. The van der Waals surface area contributed by atoms with Crippen LogP contribution in [0.3, 0.4) is 0 Å². The number of benzene rings is 2. The Labute approximate surface area is 280 Å². The lowest BCUT2D eigenvalue weighted by Crippen LogP contribution is -2.44. The van der Waals surface area contributed by atoms with Gasteiger partial charge in [-0.25, -0.2) is 12.7 Å². The minimum Gasteiger partial charge on any atom is -0.497 e. The number of alkyl halides is 1. The Balaban J connectivity index is 0.000000780. The van der Waals surface area contributed by atoms with Gasteiger partial charge in [0.1, 0.15) is 12.0 Å². The number of aldehydes is 1. The topological polar surface area (TPSA) is 133 Å². The number of amides is 1. The van der Waals surface area contributed by atoms with Crippen LogP contribution in [0.25, 0.3) is 11.1 Å². The molecule has 8 nitrogen and oxygen atoms in total. The fourth-order valence-electron chi connectivity index (χ4n) is 4.40. The highest BCUT2D eigenvalue weighted by Gasteiger charge is 2.33. The van der Waals surface area contributed by atoms with Crippen molar-refractivity contribution in [1.29, 1.82) is 0 Å². The van der Waals surface area contributed by atoms with E-state index in [2.05, 4.69) is 24.4 Å². The third-order valence-electron chi connectivity index (χ3n) is 6.80. The highest BCUT2D eigenvalue weighted by molar-refractivity contribution is 7.89. The van der Waals surface area contributed by atoms with Crippen molar-refractivity contribution in [1.82, 2.24) is 4.31 Å². The average molecular weight is 685 g/mol. The van der Waals surface area contributed by atoms with Crippen LogP contribution in [-0.4, -0.2) is 63.3 Å². The maximum Gasteiger partial charge on any atom is 0.220 e. The van der Waals surface area contributed by atoms with Gasteiger partial charge in [0.2, 0.25) is 15.9 Å². The van der Waals surface area contributed by atoms with Crippen molar-refractivity contribution < 1.29 is 22.7 Å². The van der Waals surface area contributed by atoms with Crippen LogP contribution in [0.1, 0.15) is 57.9 Å². The largest absolute Gasteiger partial charge is 0.497 e. The first-order chi connectivity index (χ1) is 21.6. The SMILES string of the molecule is C=CC(CC/C(Cl)=C\CCCl)S(=O)(=O)N1CCCC(C=O)C1.CC.CN.COc1ccc(-c2ccc(CCC(N)=O)cc2)cc1. The number of rotatable bonds is 14. The third kappa shape index (κ3) is 15.9. The molecular formula is C34H51Cl2N3O5S. The number of nitrogens with zero attached hydrogens (tertiary/aromatic N) is 1. The van der Waals surface area contributed by atoms with Gasteiger partial charge in [-0.15, -0.1) is 18.2 Å². The summed E-state index contributed by atoms with van der Waals surface area (Å²) < 4.78 is 31.9. The van der Waals surface area contributed by atoms with E-state index in [1.807, 2.05) is 56.3 Å². The molecule has 1 aliphatic rings. The van der Waals surface area contributed by atoms with Crippen LogP contribution < -0.4 is 16.2 Å². The van der Waals surface area contributed by atoms with E-state index in [0.29, 0.717) is 56.0 Å². The van der Waals surface area contributed by atoms with Crippen molar-refractivity contribution in [2.24, 2.45) is 17.4 Å². The van der Waals surface area contributed by atoms with Gasteiger partial charge in [-0.3, -0.25) is 4.79 Å². The number of piperidine rings is 1. The lowest BCUT2D eigenvalue weighted by molar-refractivity contribution is -0.118. The predicted molar refractivity (Wildman–Crippen MR) is 189 cm³/mol. The number of primary amides is 1. The molecule has 2 aromatic rings. The summed E-state index contributed by atoms with van der Waals surface area (Å²) >= 11 is 11.6. The normalized spacial score (nSPS) is 15.4. The standard InChI is InChI=1S/C16H17NO2.C15H23Cl2NO3S.C2H6.CH5N/c1-19-15-9-7-14(8-10-15)13-5-2-12(3-6-13)4-11-16(17)18;1-2-15(8-7-14(17)6-3-9-16)22(20,21)18-10-4-5-13(11-18)12-19;2*1-2/h2-3,5-10H,4,11H2,1H3,(H2,17,18);2,6,12-13,15H,1,3-5,7-11H2;1-2H3;2H2,1H3/b;14-6+;;. The average Bonchev–Trinajstić information content (AvgIpc) is 3.09. The molecular weight excluding hydrogens is 633 g/mol. The first kappa shape index (κ1) is 42.3. The van der Waals surface area contributed by atoms with Crippen LogP contribution in [0.5, 0.6) is 5.75 Å². The zero-order valence-corrected chi connectivity index (χ0v) is 29.4. The molecule has 45 heavy (non-hydrogen) atoms. The van der Waals surface area contributed by atoms with Gasteiger partial charge in [0, 0.05) is 36.3 Å². The van der Waals surface area contributed by atoms with E-state index >= 15 is 0 Å². The monoisotopic (exact) mass is 683 g/mol. The second kappa shape index (κ2) is 24.5. The van der Waals surface area contributed by atoms with Gasteiger partial charge < -0.3 is 21.0 Å². The lowest BCUT2D eigenvalue weighted by atomic mass is 10.0. The number of methoxy groups -OCH3 is 1. The van der Waals surface area contributed by atoms with Gasteiger partial charge in [0.25, 0.3) is 0 Å². The first-order valence-electron chi connectivity index (χ1n) is 15.2. The van der Waals surface area contributed by atoms with Crippen LogP contribution in [0.15, 0.2) is 72.3 Å². The molecule has 1 saturated heterocycles. The van der Waals surface area contributed by atoms with Crippen LogP contribution in [0.4, 0.5) is 0 Å². The van der Waals surface area contributed by atoms with E-state index in [1.54, 1.807) is 7.11 Å². The van der Waals surface area contributed by atoms with Crippen LogP contribution in [0, 0.1) is 5.92 Å². The molecule has 3 rings (SSSR count). The van der Waals surface area contributed by atoms with E-state index in [4.69, 9.17) is 33.7 Å². The van der Waals surface area contributed by atoms with Crippen molar-refractivity contribution in [2.45, 2.75) is 64.0 Å². The summed E-state index contributed by atoms with van der Waals surface area (Å²) in [6, 6.07) is 16.1. The molecule has 2 atom stereocenters. The molecule has 0 bridgehead atoms. The fraction of sp³-hybridized carbons (Fsp3) is 0.471. The van der Waals surface area contributed by atoms with Crippen LogP contribution in [0.2, 0.25) is 0 Å². The Kier molecular flexibility index (Phi) is 23.1. The molecule has 1 heterocycles. The van der Waals surface area contributed by atoms with Gasteiger partial charge in [0.05, 0.1) is 12.4 Å². The second-order valence-corrected chi connectivity index (χ2v) is 12.8. The van der Waals surface area contributed by atoms with E-state index in [9.17, 15) is 18.0 Å². The summed E-state index contributed by atoms with van der Waals surface area (Å²) in [7, 11) is -0.334. The number of halogens is 2. The second-order valence-electron chi connectivity index (χ2n) is 9.77. The number of allylic oxidation sites excluding steroid dienone is 2. The number of hydrogen-bond acceptors (Lipinski definition) is 6. The summed E-state index contributed by atoms with van der Waals surface area (Å²) in [6.07, 6.45) is 8.17. The molecule has 0 radical (unpaired) electrons. The van der Waals surface area contributed by atoms with Crippen LogP contribution >= 0.6 is 23.2 Å². The highest BCUT2D eigenvalue weighted by Crippen LogP contribution is 2.25. The van der Waals surface area contributed by atoms with E-state index < -0.39 is 15.3 Å². The Morgan fingerprint density at radius 1 is 1.09 bits per heavy atom. The van der Waals surface area contributed by atoms with Crippen molar-refractivity contribution in [3.05, 3.63) is 77.9 Å². The van der Waals surface area contributed by atoms with Gasteiger partial charge in [-0.05, 0) is 74.4 Å². The van der Waals surface area contributed by atoms with Gasteiger partial charge in [-0.2, -0.15) is 0 Å². The Morgan fingerprint density at radius 3 is 2.16 bits per heavy atom. The molecule has 2 aromatic carbocycles. The maximum atomic E-state index is 12.7. The summed E-state index contributed by atoms with van der Waals surface area (Å²) in [5.74, 6) is 0.863. The minimum absolute atomic E-state index is 0.207. The molecule has 1 fully saturated rings. The summed E-state index contributed by atoms with van der Waals surface area (Å²) in [4.78, 5) is 21.6. The van der Waals surface area contributed by atoms with Crippen molar-refractivity contribution in [2.75, 3.05) is 33.1 Å². The quantitative estimate of drug-likeness (QED) is 0.129. The van der Waals surface area contributed by atoms with E-state index in [-0.39, 0.29) is 18.4 Å². The Hall–Kier alpha value is -2.69. The zero-order chi connectivity index (χ0) is 34.3. The number of hydrogen-bond donors (Lipinski definition) is 2. The molecule has 2 unspecified atom stereocenters. The molecule has 1 amide bonds. The number of aryl methyl sites for hydroxylation is 1. The number of ether oxygens (including phenoxy) is 1. The van der Waals surface area contributed by atoms with Crippen LogP contribution in [-0.2, 0) is 26.0 Å². The summed E-state index contributed by atoms with van der Waals surface area (Å²) in [5, 5.41) is -0.0665. The third-order valence-corrected chi connectivity index (χ3v) is 9.60.